The van der Waals surface area contributed by atoms with E-state index in [0.29, 0.717) is 35.8 Å². The van der Waals surface area contributed by atoms with Gasteiger partial charge in [0.1, 0.15) is 17.5 Å². The Balaban J connectivity index is 1.59. The molecule has 3 heterocycles. The van der Waals surface area contributed by atoms with Crippen molar-refractivity contribution in [1.82, 2.24) is 29.1 Å². The lowest BCUT2D eigenvalue weighted by molar-refractivity contribution is 0.757. The van der Waals surface area contributed by atoms with Crippen LogP contribution >= 0.6 is 22.6 Å². The number of aromatic nitrogens is 6. The van der Waals surface area contributed by atoms with Crippen molar-refractivity contribution in [2.24, 2.45) is 0 Å². The van der Waals surface area contributed by atoms with Crippen molar-refractivity contribution >= 4 is 33.8 Å². The largest absolute Gasteiger partial charge is 0.350 e. The summed E-state index contributed by atoms with van der Waals surface area (Å²) in [5, 5.41) is 0. The number of rotatable bonds is 4. The third-order valence-electron chi connectivity index (χ3n) is 5.02. The number of imidazole rings is 2. The lowest BCUT2D eigenvalue weighted by atomic mass is 10.1. The number of hydrogen-bond acceptors (Lipinski definition) is 5. The topological polar surface area (TPSA) is 78.5 Å². The van der Waals surface area contributed by atoms with E-state index in [4.69, 9.17) is 0 Å². The fourth-order valence-electron chi connectivity index (χ4n) is 3.59. The maximum absolute atomic E-state index is 12.7. The summed E-state index contributed by atoms with van der Waals surface area (Å²) in [6.07, 6.45) is 3.22. The zero-order chi connectivity index (χ0) is 20.7. The van der Waals surface area contributed by atoms with Crippen molar-refractivity contribution in [1.29, 1.82) is 0 Å². The van der Waals surface area contributed by atoms with Gasteiger partial charge in [0.25, 0.3) is 0 Å². The predicted octanol–water partition coefficient (Wildman–Crippen LogP) is 3.50. The summed E-state index contributed by atoms with van der Waals surface area (Å²) >= 11 is 2.32. The van der Waals surface area contributed by atoms with Crippen LogP contribution in [0.5, 0.6) is 0 Å². The van der Waals surface area contributed by atoms with E-state index in [0.717, 1.165) is 11.1 Å². The molecule has 0 bridgehead atoms. The average Bonchev–Trinajstić information content (AvgIpc) is 3.19. The molecule has 0 aliphatic carbocycles. The second-order valence-electron chi connectivity index (χ2n) is 7.15. The highest BCUT2D eigenvalue weighted by atomic mass is 127. The lowest BCUT2D eigenvalue weighted by Gasteiger charge is -2.05. The minimum absolute atomic E-state index is 0.335. The summed E-state index contributed by atoms with van der Waals surface area (Å²) in [6, 6.07) is 16.2. The van der Waals surface area contributed by atoms with Crippen LogP contribution in [0.25, 0.3) is 22.7 Å². The highest BCUT2D eigenvalue weighted by Crippen LogP contribution is 2.24. The fraction of sp³-hybridized carbons (Fsp3) is 0.136. The first kappa shape index (κ1) is 18.9. The van der Waals surface area contributed by atoms with Crippen LogP contribution in [0, 0.1) is 10.5 Å². The second-order valence-corrected chi connectivity index (χ2v) is 8.31. The average molecular weight is 508 g/mol. The summed E-state index contributed by atoms with van der Waals surface area (Å²) in [7, 11) is 0. The Morgan fingerprint density at radius 3 is 2.70 bits per heavy atom. The lowest BCUT2D eigenvalue weighted by Crippen LogP contribution is -2.17. The Hall–Kier alpha value is -3.14. The minimum atomic E-state index is -0.335. The minimum Gasteiger partial charge on any atom is -0.311 e. The second kappa shape index (κ2) is 7.60. The van der Waals surface area contributed by atoms with Crippen LogP contribution in [-0.4, -0.2) is 29.1 Å². The molecule has 2 aliphatic rings. The molecule has 0 unspecified atom stereocenters. The maximum Gasteiger partial charge on any atom is 0.350 e. The Kier molecular flexibility index (Phi) is 4.78. The van der Waals surface area contributed by atoms with Gasteiger partial charge >= 0.3 is 5.69 Å². The zero-order valence-corrected chi connectivity index (χ0v) is 18.3. The Morgan fingerprint density at radius 1 is 1.00 bits per heavy atom. The number of aryl methyl sites for hydroxylation is 1. The van der Waals surface area contributed by atoms with E-state index in [2.05, 4.69) is 60.7 Å². The van der Waals surface area contributed by atoms with Crippen LogP contribution in [-0.2, 0) is 13.1 Å². The molecular weight excluding hydrogens is 491 g/mol. The molecule has 0 spiro atoms. The first-order valence-corrected chi connectivity index (χ1v) is 10.5. The molecule has 2 aliphatic heterocycles. The molecule has 30 heavy (non-hydrogen) atoms. The van der Waals surface area contributed by atoms with Gasteiger partial charge < -0.3 is 4.57 Å². The smallest absolute Gasteiger partial charge is 0.311 e. The zero-order valence-electron chi connectivity index (χ0n) is 16.2. The van der Waals surface area contributed by atoms with Crippen LogP contribution in [0.2, 0.25) is 0 Å². The summed E-state index contributed by atoms with van der Waals surface area (Å²) in [5.41, 5.74) is 4.70. The number of halogens is 1. The van der Waals surface area contributed by atoms with Crippen molar-refractivity contribution in [3.8, 4) is 11.5 Å². The molecule has 148 valence electrons. The van der Waals surface area contributed by atoms with E-state index in [-0.39, 0.29) is 5.69 Å². The third kappa shape index (κ3) is 3.36. The predicted molar refractivity (Wildman–Crippen MR) is 123 cm³/mol. The van der Waals surface area contributed by atoms with Crippen LogP contribution in [0.1, 0.15) is 16.7 Å². The van der Waals surface area contributed by atoms with Gasteiger partial charge in [0.2, 0.25) is 0 Å². The SMILES string of the molecule is Cc1cccc(Cn2c3ncnc4c(ncn4Cc4ccccc4I)c-3nc2=O)c1. The molecule has 0 N–H and O–H groups in total. The highest BCUT2D eigenvalue weighted by molar-refractivity contribution is 14.1. The van der Waals surface area contributed by atoms with Crippen molar-refractivity contribution in [2.45, 2.75) is 20.0 Å². The van der Waals surface area contributed by atoms with Gasteiger partial charge in [-0.2, -0.15) is 4.98 Å². The number of nitrogens with zero attached hydrogens (tertiary/aromatic N) is 6. The molecule has 8 heteroatoms. The number of hydrogen-bond donors (Lipinski definition) is 0. The van der Waals surface area contributed by atoms with Crippen molar-refractivity contribution < 1.29 is 0 Å². The van der Waals surface area contributed by atoms with Gasteiger partial charge in [-0.05, 0) is 46.7 Å². The van der Waals surface area contributed by atoms with E-state index in [9.17, 15) is 4.79 Å². The molecule has 1 aromatic heterocycles. The summed E-state index contributed by atoms with van der Waals surface area (Å²) in [4.78, 5) is 30.4. The Morgan fingerprint density at radius 2 is 1.87 bits per heavy atom. The van der Waals surface area contributed by atoms with Gasteiger partial charge in [0.05, 0.1) is 19.4 Å². The quantitative estimate of drug-likeness (QED) is 0.348. The van der Waals surface area contributed by atoms with Crippen molar-refractivity contribution in [3.05, 3.63) is 91.9 Å². The molecule has 0 radical (unpaired) electrons. The van der Waals surface area contributed by atoms with Crippen LogP contribution in [0.3, 0.4) is 0 Å². The summed E-state index contributed by atoms with van der Waals surface area (Å²) < 4.78 is 4.70. The van der Waals surface area contributed by atoms with Crippen molar-refractivity contribution in [2.75, 3.05) is 0 Å². The standard InChI is InChI=1S/C22H17IN6O/c1-14-5-4-6-15(9-14)10-29-21-19(27-22(29)30)18-20(24-12-25-21)28(13-26-18)11-16-7-2-3-8-17(16)23/h2-9,12-13H,10-11H2,1H3. The highest BCUT2D eigenvalue weighted by Gasteiger charge is 2.21. The van der Waals surface area contributed by atoms with Gasteiger partial charge in [0, 0.05) is 3.57 Å². The molecular formula is C22H17IN6O. The Bertz CT molecular complexity index is 1410. The summed E-state index contributed by atoms with van der Waals surface area (Å²) in [6.45, 7) is 3.06. The first-order chi connectivity index (χ1) is 14.6. The molecule has 2 aromatic carbocycles. The van der Waals surface area contributed by atoms with Crippen molar-refractivity contribution in [3.63, 3.8) is 0 Å². The molecule has 0 fully saturated rings. The van der Waals surface area contributed by atoms with Gasteiger partial charge in [0.15, 0.2) is 11.5 Å². The molecule has 0 saturated heterocycles. The number of benzene rings is 2. The monoisotopic (exact) mass is 508 g/mol. The van der Waals surface area contributed by atoms with Crippen LogP contribution in [0.4, 0.5) is 0 Å². The first-order valence-electron chi connectivity index (χ1n) is 9.45. The normalized spacial score (nSPS) is 11.4. The van der Waals surface area contributed by atoms with E-state index < -0.39 is 0 Å². The van der Waals surface area contributed by atoms with E-state index in [1.807, 2.05) is 41.8 Å². The van der Waals surface area contributed by atoms with E-state index >= 15 is 0 Å². The fourth-order valence-corrected chi connectivity index (χ4v) is 4.15. The van der Waals surface area contributed by atoms with Gasteiger partial charge in [-0.25, -0.2) is 19.7 Å². The number of fused-ring (bicyclic) bond motifs is 3. The van der Waals surface area contributed by atoms with Gasteiger partial charge in [-0.1, -0.05) is 48.0 Å². The molecule has 0 saturated carbocycles. The van der Waals surface area contributed by atoms with E-state index in [1.165, 1.54) is 15.5 Å². The third-order valence-corrected chi connectivity index (χ3v) is 6.07. The van der Waals surface area contributed by atoms with Gasteiger partial charge in [-0.3, -0.25) is 4.57 Å². The summed E-state index contributed by atoms with van der Waals surface area (Å²) in [5.74, 6) is 0.489. The van der Waals surface area contributed by atoms with Crippen LogP contribution < -0.4 is 5.69 Å². The molecule has 0 atom stereocenters. The van der Waals surface area contributed by atoms with E-state index in [1.54, 1.807) is 10.9 Å². The Labute approximate surface area is 186 Å². The molecule has 3 aromatic rings. The molecule has 5 rings (SSSR count). The molecule has 0 amide bonds. The maximum atomic E-state index is 12.7. The van der Waals surface area contributed by atoms with Gasteiger partial charge in [-0.15, -0.1) is 0 Å². The van der Waals surface area contributed by atoms with Crippen LogP contribution in [0.15, 0.2) is 66.0 Å². The molecule has 7 nitrogen and oxygen atoms in total.